The average molecular weight is 330 g/mol. The molecule has 0 heterocycles. The molecule has 0 N–H and O–H groups in total. The predicted molar refractivity (Wildman–Crippen MR) is 96.4 cm³/mol. The van der Waals surface area contributed by atoms with E-state index < -0.39 is 0 Å². The summed E-state index contributed by atoms with van der Waals surface area (Å²) in [6.45, 7) is 0. The highest BCUT2D eigenvalue weighted by Gasteiger charge is 2.07. The lowest BCUT2D eigenvalue weighted by Crippen LogP contribution is -1.96. The maximum Gasteiger partial charge on any atom is 0.185 e. The van der Waals surface area contributed by atoms with Crippen LogP contribution in [-0.2, 0) is 0 Å². The Labute approximate surface area is 140 Å². The van der Waals surface area contributed by atoms with E-state index in [1.165, 1.54) is 4.90 Å². The van der Waals surface area contributed by atoms with Gasteiger partial charge in [-0.3, -0.25) is 4.79 Å². The quantitative estimate of drug-likeness (QED) is 0.421. The Balaban J connectivity index is 2.15. The zero-order valence-corrected chi connectivity index (χ0v) is 14.5. The van der Waals surface area contributed by atoms with Crippen LogP contribution in [0.4, 0.5) is 0 Å². The van der Waals surface area contributed by atoms with Crippen LogP contribution in [0.2, 0.25) is 0 Å². The Bertz CT molecular complexity index is 676. The summed E-state index contributed by atoms with van der Waals surface area (Å²) in [4.78, 5) is 14.5. The summed E-state index contributed by atoms with van der Waals surface area (Å²) in [5.74, 6) is 0.705. The SMILES string of the molecule is COc1cc(C(=O)C=Cc2ccc(SC)cc2)ccc1SC. The average Bonchev–Trinajstić information content (AvgIpc) is 2.59. The number of allylic oxidation sites excluding steroid dienone is 1. The highest BCUT2D eigenvalue weighted by Crippen LogP contribution is 2.28. The molecule has 0 radical (unpaired) electrons. The summed E-state index contributed by atoms with van der Waals surface area (Å²) in [6, 6.07) is 13.6. The van der Waals surface area contributed by atoms with Crippen molar-refractivity contribution in [3.05, 3.63) is 59.7 Å². The Morgan fingerprint density at radius 1 is 1.05 bits per heavy atom. The van der Waals surface area contributed by atoms with Gasteiger partial charge in [0.05, 0.1) is 7.11 Å². The monoisotopic (exact) mass is 330 g/mol. The zero-order chi connectivity index (χ0) is 15.9. The van der Waals surface area contributed by atoms with Crippen LogP contribution >= 0.6 is 23.5 Å². The number of rotatable bonds is 6. The van der Waals surface area contributed by atoms with Crippen molar-refractivity contribution in [1.82, 2.24) is 0 Å². The smallest absolute Gasteiger partial charge is 0.185 e. The molecule has 0 aliphatic carbocycles. The first-order valence-corrected chi connectivity index (χ1v) is 9.21. The van der Waals surface area contributed by atoms with Gasteiger partial charge in [-0.2, -0.15) is 0 Å². The summed E-state index contributed by atoms with van der Waals surface area (Å²) in [7, 11) is 1.62. The third kappa shape index (κ3) is 4.18. The minimum Gasteiger partial charge on any atom is -0.496 e. The summed E-state index contributed by atoms with van der Waals surface area (Å²) in [6.07, 6.45) is 7.46. The molecule has 0 aromatic heterocycles. The van der Waals surface area contributed by atoms with Gasteiger partial charge < -0.3 is 4.74 Å². The lowest BCUT2D eigenvalue weighted by molar-refractivity contribution is 0.104. The first kappa shape index (κ1) is 16.7. The molecule has 0 atom stereocenters. The van der Waals surface area contributed by atoms with E-state index in [4.69, 9.17) is 4.74 Å². The van der Waals surface area contributed by atoms with E-state index in [0.717, 1.165) is 16.2 Å². The van der Waals surface area contributed by atoms with E-state index >= 15 is 0 Å². The number of benzene rings is 2. The van der Waals surface area contributed by atoms with Crippen molar-refractivity contribution >= 4 is 35.4 Å². The summed E-state index contributed by atoms with van der Waals surface area (Å²) >= 11 is 3.30. The first-order valence-electron chi connectivity index (χ1n) is 6.76. The molecule has 0 unspecified atom stereocenters. The van der Waals surface area contributed by atoms with Crippen LogP contribution < -0.4 is 4.74 Å². The molecular weight excluding hydrogens is 312 g/mol. The minimum absolute atomic E-state index is 0.0279. The molecule has 0 saturated carbocycles. The van der Waals surface area contributed by atoms with E-state index in [2.05, 4.69) is 0 Å². The van der Waals surface area contributed by atoms with E-state index in [1.54, 1.807) is 42.8 Å². The molecule has 114 valence electrons. The molecule has 0 spiro atoms. The second kappa shape index (κ2) is 8.11. The zero-order valence-electron chi connectivity index (χ0n) is 12.8. The fraction of sp³-hybridized carbons (Fsp3) is 0.167. The molecule has 0 fully saturated rings. The molecule has 0 amide bonds. The lowest BCUT2D eigenvalue weighted by Gasteiger charge is -2.07. The number of hydrogen-bond donors (Lipinski definition) is 0. The molecule has 2 nitrogen and oxygen atoms in total. The highest BCUT2D eigenvalue weighted by atomic mass is 32.2. The molecule has 2 aromatic rings. The van der Waals surface area contributed by atoms with Crippen LogP contribution in [-0.4, -0.2) is 25.4 Å². The van der Waals surface area contributed by atoms with Gasteiger partial charge in [-0.05, 0) is 54.5 Å². The molecular formula is C18H18O2S2. The van der Waals surface area contributed by atoms with E-state index in [-0.39, 0.29) is 5.78 Å². The number of ketones is 1. The molecule has 2 rings (SSSR count). The van der Waals surface area contributed by atoms with Crippen LogP contribution in [0.5, 0.6) is 5.75 Å². The van der Waals surface area contributed by atoms with Gasteiger partial charge in [0.1, 0.15) is 5.75 Å². The lowest BCUT2D eigenvalue weighted by atomic mass is 10.1. The highest BCUT2D eigenvalue weighted by molar-refractivity contribution is 7.98. The van der Waals surface area contributed by atoms with Crippen LogP contribution in [0, 0.1) is 0 Å². The molecule has 0 saturated heterocycles. The fourth-order valence-corrected chi connectivity index (χ4v) is 2.93. The number of hydrogen-bond acceptors (Lipinski definition) is 4. The van der Waals surface area contributed by atoms with Gasteiger partial charge in [-0.1, -0.05) is 18.2 Å². The molecule has 2 aromatic carbocycles. The Morgan fingerprint density at radius 2 is 1.77 bits per heavy atom. The van der Waals surface area contributed by atoms with Gasteiger partial charge in [0.2, 0.25) is 0 Å². The number of ether oxygens (including phenoxy) is 1. The van der Waals surface area contributed by atoms with Gasteiger partial charge >= 0.3 is 0 Å². The fourth-order valence-electron chi connectivity index (χ4n) is 1.97. The van der Waals surface area contributed by atoms with Gasteiger partial charge in [-0.25, -0.2) is 0 Å². The van der Waals surface area contributed by atoms with E-state index in [1.807, 2.05) is 55.0 Å². The molecule has 0 bridgehead atoms. The molecule has 4 heteroatoms. The minimum atomic E-state index is -0.0279. The van der Waals surface area contributed by atoms with Crippen molar-refractivity contribution in [3.63, 3.8) is 0 Å². The normalized spacial score (nSPS) is 10.9. The number of thioether (sulfide) groups is 2. The molecule has 22 heavy (non-hydrogen) atoms. The van der Waals surface area contributed by atoms with Gasteiger partial charge in [0.15, 0.2) is 5.78 Å². The van der Waals surface area contributed by atoms with Crippen LogP contribution in [0.25, 0.3) is 6.08 Å². The van der Waals surface area contributed by atoms with Crippen LogP contribution in [0.1, 0.15) is 15.9 Å². The third-order valence-electron chi connectivity index (χ3n) is 3.21. The van der Waals surface area contributed by atoms with Crippen molar-refractivity contribution in [3.8, 4) is 5.75 Å². The predicted octanol–water partition coefficient (Wildman–Crippen LogP) is 5.04. The Morgan fingerprint density at radius 3 is 2.36 bits per heavy atom. The van der Waals surface area contributed by atoms with Crippen LogP contribution in [0.15, 0.2) is 58.3 Å². The molecule has 0 aliphatic heterocycles. The maximum atomic E-state index is 12.3. The second-order valence-corrected chi connectivity index (χ2v) is 6.27. The first-order chi connectivity index (χ1) is 10.7. The Hall–Kier alpha value is -1.65. The third-order valence-corrected chi connectivity index (χ3v) is 4.73. The van der Waals surface area contributed by atoms with E-state index in [9.17, 15) is 4.79 Å². The van der Waals surface area contributed by atoms with E-state index in [0.29, 0.717) is 5.56 Å². The number of carbonyl (C=O) groups excluding carboxylic acids is 1. The maximum absolute atomic E-state index is 12.3. The van der Waals surface area contributed by atoms with Crippen molar-refractivity contribution < 1.29 is 9.53 Å². The van der Waals surface area contributed by atoms with Gasteiger partial charge in [0, 0.05) is 15.4 Å². The second-order valence-electron chi connectivity index (χ2n) is 4.54. The van der Waals surface area contributed by atoms with Crippen molar-refractivity contribution in [2.24, 2.45) is 0 Å². The van der Waals surface area contributed by atoms with Gasteiger partial charge in [0.25, 0.3) is 0 Å². The number of methoxy groups -OCH3 is 1. The summed E-state index contributed by atoms with van der Waals surface area (Å²) < 4.78 is 5.32. The standard InChI is InChI=1S/C18H18O2S2/c1-20-17-12-14(7-11-18(17)22-3)16(19)10-6-13-4-8-15(21-2)9-5-13/h4-12H,1-3H3. The molecule has 0 aliphatic rings. The number of carbonyl (C=O) groups is 1. The Kier molecular flexibility index (Phi) is 6.16. The van der Waals surface area contributed by atoms with Crippen molar-refractivity contribution in [1.29, 1.82) is 0 Å². The van der Waals surface area contributed by atoms with Crippen LogP contribution in [0.3, 0.4) is 0 Å². The topological polar surface area (TPSA) is 26.3 Å². The van der Waals surface area contributed by atoms with Crippen molar-refractivity contribution in [2.75, 3.05) is 19.6 Å². The largest absolute Gasteiger partial charge is 0.496 e. The summed E-state index contributed by atoms with van der Waals surface area (Å²) in [5, 5.41) is 0. The summed E-state index contributed by atoms with van der Waals surface area (Å²) in [5.41, 5.74) is 1.64. The van der Waals surface area contributed by atoms with Crippen molar-refractivity contribution in [2.45, 2.75) is 9.79 Å². The van der Waals surface area contributed by atoms with Gasteiger partial charge in [-0.15, -0.1) is 23.5 Å².